The third-order valence-corrected chi connectivity index (χ3v) is 5.80. The molecule has 0 bridgehead atoms. The molecule has 4 aromatic carbocycles. The summed E-state index contributed by atoms with van der Waals surface area (Å²) in [6.45, 7) is 0. The molecule has 0 aliphatic heterocycles. The molecular formula is C20H12I2. The van der Waals surface area contributed by atoms with E-state index in [0.29, 0.717) is 0 Å². The predicted octanol–water partition coefficient (Wildman–Crippen LogP) is 6.87. The van der Waals surface area contributed by atoms with Crippen LogP contribution in [0.3, 0.4) is 0 Å². The van der Waals surface area contributed by atoms with Crippen molar-refractivity contribution in [2.75, 3.05) is 0 Å². The van der Waals surface area contributed by atoms with Crippen LogP contribution in [0.15, 0.2) is 72.8 Å². The monoisotopic (exact) mass is 506 g/mol. The standard InChI is InChI=1S/C20H12I2/c21-17-11-9-13-5-1-3-7-15(13)19(17)20-16-8-4-2-6-14(16)10-12-18(20)22/h1-12H. The van der Waals surface area contributed by atoms with E-state index in [2.05, 4.69) is 118 Å². The summed E-state index contributed by atoms with van der Waals surface area (Å²) < 4.78 is 2.59. The zero-order valence-electron chi connectivity index (χ0n) is 11.7. The lowest BCUT2D eigenvalue weighted by Crippen LogP contribution is -1.91. The molecule has 0 nitrogen and oxygen atoms in total. The number of halogens is 2. The van der Waals surface area contributed by atoms with Crippen LogP contribution in [-0.4, -0.2) is 0 Å². The maximum atomic E-state index is 2.46. The Morgan fingerprint density at radius 2 is 0.864 bits per heavy atom. The molecule has 0 saturated heterocycles. The van der Waals surface area contributed by atoms with Crippen LogP contribution in [0.4, 0.5) is 0 Å². The van der Waals surface area contributed by atoms with Gasteiger partial charge in [0.15, 0.2) is 0 Å². The first-order valence-electron chi connectivity index (χ1n) is 7.10. The Balaban J connectivity index is 2.21. The summed E-state index contributed by atoms with van der Waals surface area (Å²) >= 11 is 4.92. The molecular weight excluding hydrogens is 494 g/mol. The van der Waals surface area contributed by atoms with Crippen molar-refractivity contribution in [3.63, 3.8) is 0 Å². The topological polar surface area (TPSA) is 0 Å². The Bertz CT molecular complexity index is 920. The maximum absolute atomic E-state index is 2.46. The van der Waals surface area contributed by atoms with Gasteiger partial charge < -0.3 is 0 Å². The van der Waals surface area contributed by atoms with Gasteiger partial charge in [0.1, 0.15) is 0 Å². The predicted molar refractivity (Wildman–Crippen MR) is 112 cm³/mol. The Labute approximate surface area is 156 Å². The minimum absolute atomic E-state index is 1.29. The molecule has 0 N–H and O–H groups in total. The lowest BCUT2D eigenvalue weighted by atomic mass is 9.94. The van der Waals surface area contributed by atoms with Gasteiger partial charge in [0.2, 0.25) is 0 Å². The molecule has 4 rings (SSSR count). The van der Waals surface area contributed by atoms with Crippen LogP contribution in [0.1, 0.15) is 0 Å². The molecule has 0 spiro atoms. The van der Waals surface area contributed by atoms with E-state index >= 15 is 0 Å². The SMILES string of the molecule is Ic1ccc2ccccc2c1-c1c(I)ccc2ccccc12. The molecule has 2 heteroatoms. The van der Waals surface area contributed by atoms with Gasteiger partial charge in [-0.15, -0.1) is 0 Å². The van der Waals surface area contributed by atoms with Crippen LogP contribution in [-0.2, 0) is 0 Å². The smallest absolute Gasteiger partial charge is 0.0215 e. The Morgan fingerprint density at radius 1 is 0.455 bits per heavy atom. The summed E-state index contributed by atoms with van der Waals surface area (Å²) in [6, 6.07) is 26.1. The summed E-state index contributed by atoms with van der Waals surface area (Å²) in [4.78, 5) is 0. The lowest BCUT2D eigenvalue weighted by Gasteiger charge is -2.14. The molecule has 0 aromatic heterocycles. The van der Waals surface area contributed by atoms with Gasteiger partial charge in [0.05, 0.1) is 0 Å². The highest BCUT2D eigenvalue weighted by Crippen LogP contribution is 2.39. The molecule has 0 amide bonds. The van der Waals surface area contributed by atoms with Crippen LogP contribution in [0.25, 0.3) is 32.7 Å². The summed E-state index contributed by atoms with van der Waals surface area (Å²) in [5, 5.41) is 5.23. The average Bonchev–Trinajstić information content (AvgIpc) is 2.56. The Morgan fingerprint density at radius 3 is 1.32 bits per heavy atom. The highest BCUT2D eigenvalue weighted by atomic mass is 127. The van der Waals surface area contributed by atoms with E-state index in [1.54, 1.807) is 0 Å². The van der Waals surface area contributed by atoms with Gasteiger partial charge in [-0.05, 0) is 78.9 Å². The normalized spacial score (nSPS) is 11.2. The maximum Gasteiger partial charge on any atom is 0.0215 e. The van der Waals surface area contributed by atoms with Crippen LogP contribution >= 0.6 is 45.2 Å². The second kappa shape index (κ2) is 5.81. The van der Waals surface area contributed by atoms with Crippen LogP contribution in [0, 0.1) is 7.14 Å². The van der Waals surface area contributed by atoms with E-state index in [0.717, 1.165) is 0 Å². The fourth-order valence-corrected chi connectivity index (χ4v) is 4.48. The molecule has 22 heavy (non-hydrogen) atoms. The van der Waals surface area contributed by atoms with Crippen molar-refractivity contribution in [3.05, 3.63) is 79.9 Å². The molecule has 0 aliphatic rings. The van der Waals surface area contributed by atoms with Crippen molar-refractivity contribution >= 4 is 66.7 Å². The fourth-order valence-electron chi connectivity index (χ4n) is 3.00. The summed E-state index contributed by atoms with van der Waals surface area (Å²) in [5.74, 6) is 0. The highest BCUT2D eigenvalue weighted by molar-refractivity contribution is 14.1. The molecule has 0 unspecified atom stereocenters. The third-order valence-electron chi connectivity index (χ3n) is 4.01. The average molecular weight is 506 g/mol. The summed E-state index contributed by atoms with van der Waals surface area (Å²) in [6.07, 6.45) is 0. The second-order valence-electron chi connectivity index (χ2n) is 5.29. The van der Waals surface area contributed by atoms with E-state index in [4.69, 9.17) is 0 Å². The molecule has 0 heterocycles. The first-order chi connectivity index (χ1) is 10.8. The first-order valence-corrected chi connectivity index (χ1v) is 9.26. The summed E-state index contributed by atoms with van der Waals surface area (Å²) in [5.41, 5.74) is 2.69. The molecule has 0 aliphatic carbocycles. The summed E-state index contributed by atoms with van der Waals surface area (Å²) in [7, 11) is 0. The Kier molecular flexibility index (Phi) is 3.82. The van der Waals surface area contributed by atoms with Gasteiger partial charge in [-0.1, -0.05) is 60.7 Å². The largest absolute Gasteiger partial charge is 0.0616 e. The van der Waals surface area contributed by atoms with E-state index in [1.165, 1.54) is 39.8 Å². The third kappa shape index (κ3) is 2.33. The van der Waals surface area contributed by atoms with Gasteiger partial charge in [-0.2, -0.15) is 0 Å². The van der Waals surface area contributed by atoms with Crippen molar-refractivity contribution < 1.29 is 0 Å². The zero-order valence-corrected chi connectivity index (χ0v) is 16.0. The van der Waals surface area contributed by atoms with Gasteiger partial charge >= 0.3 is 0 Å². The van der Waals surface area contributed by atoms with Crippen LogP contribution < -0.4 is 0 Å². The van der Waals surface area contributed by atoms with E-state index < -0.39 is 0 Å². The molecule has 0 radical (unpaired) electrons. The second-order valence-corrected chi connectivity index (χ2v) is 7.61. The first kappa shape index (κ1) is 14.5. The van der Waals surface area contributed by atoms with Gasteiger partial charge in [-0.3, -0.25) is 0 Å². The minimum atomic E-state index is 1.29. The number of fused-ring (bicyclic) bond motifs is 2. The lowest BCUT2D eigenvalue weighted by molar-refractivity contribution is 1.62. The van der Waals surface area contributed by atoms with Crippen LogP contribution in [0.5, 0.6) is 0 Å². The Hall–Kier alpha value is -1.14. The van der Waals surface area contributed by atoms with Crippen molar-refractivity contribution in [2.24, 2.45) is 0 Å². The number of hydrogen-bond donors (Lipinski definition) is 0. The fraction of sp³-hybridized carbons (Fsp3) is 0. The zero-order chi connectivity index (χ0) is 15.1. The van der Waals surface area contributed by atoms with Gasteiger partial charge in [0.25, 0.3) is 0 Å². The van der Waals surface area contributed by atoms with Crippen molar-refractivity contribution in [1.29, 1.82) is 0 Å². The molecule has 4 aromatic rings. The molecule has 106 valence electrons. The van der Waals surface area contributed by atoms with Gasteiger partial charge in [-0.25, -0.2) is 0 Å². The number of benzene rings is 4. The van der Waals surface area contributed by atoms with Crippen molar-refractivity contribution in [2.45, 2.75) is 0 Å². The van der Waals surface area contributed by atoms with E-state index in [1.807, 2.05) is 0 Å². The number of rotatable bonds is 1. The van der Waals surface area contributed by atoms with Crippen LogP contribution in [0.2, 0.25) is 0 Å². The molecule has 0 atom stereocenters. The molecule has 0 saturated carbocycles. The van der Waals surface area contributed by atoms with Crippen molar-refractivity contribution in [1.82, 2.24) is 0 Å². The molecule has 0 fully saturated rings. The van der Waals surface area contributed by atoms with Crippen molar-refractivity contribution in [3.8, 4) is 11.1 Å². The number of hydrogen-bond acceptors (Lipinski definition) is 0. The minimum Gasteiger partial charge on any atom is -0.0616 e. The quantitative estimate of drug-likeness (QED) is 0.248. The highest BCUT2D eigenvalue weighted by Gasteiger charge is 2.14. The van der Waals surface area contributed by atoms with E-state index in [9.17, 15) is 0 Å². The van der Waals surface area contributed by atoms with E-state index in [-0.39, 0.29) is 0 Å². The van der Waals surface area contributed by atoms with Gasteiger partial charge in [0, 0.05) is 18.3 Å².